The average molecular weight is 528 g/mol. The van der Waals surface area contributed by atoms with Gasteiger partial charge in [-0.3, -0.25) is 0 Å². The van der Waals surface area contributed by atoms with E-state index in [1.807, 2.05) is 11.3 Å². The van der Waals surface area contributed by atoms with Gasteiger partial charge in [0, 0.05) is 45.0 Å². The summed E-state index contributed by atoms with van der Waals surface area (Å²) < 4.78 is 7.88. The van der Waals surface area contributed by atoms with Crippen molar-refractivity contribution in [1.82, 2.24) is 5.32 Å². The van der Waals surface area contributed by atoms with E-state index >= 15 is 0 Å². The highest BCUT2D eigenvalue weighted by Crippen LogP contribution is 2.47. The number of fused-ring (bicyclic) bond motifs is 6. The lowest BCUT2D eigenvalue weighted by molar-refractivity contribution is 0.181. The molecule has 1 saturated heterocycles. The summed E-state index contributed by atoms with van der Waals surface area (Å²) in [6.45, 7) is 0. The van der Waals surface area contributed by atoms with Crippen LogP contribution in [0.5, 0.6) is 0 Å². The van der Waals surface area contributed by atoms with Crippen molar-refractivity contribution in [1.29, 1.82) is 0 Å². The minimum Gasteiger partial charge on any atom is -0.489 e. The van der Waals surface area contributed by atoms with E-state index in [1.165, 1.54) is 43.1 Å². The zero-order valence-electron chi connectivity index (χ0n) is 22.0. The lowest BCUT2D eigenvalue weighted by Crippen LogP contribution is -2.28. The summed E-state index contributed by atoms with van der Waals surface area (Å²) in [6, 6.07) is 9.16. The third-order valence-corrected chi connectivity index (χ3v) is 10.5. The Morgan fingerprint density at radius 2 is 1.74 bits per heavy atom. The fourth-order valence-corrected chi connectivity index (χ4v) is 8.51. The number of nitrogens with one attached hydrogen (secondary N) is 1. The minimum absolute atomic E-state index is 0.205. The van der Waals surface area contributed by atoms with Crippen molar-refractivity contribution in [2.75, 3.05) is 0 Å². The highest BCUT2D eigenvalue weighted by Gasteiger charge is 2.42. The molecule has 1 aromatic carbocycles. The van der Waals surface area contributed by atoms with Crippen LogP contribution in [-0.2, 0) is 4.74 Å². The Bertz CT molecular complexity index is 1600. The molecule has 1 aliphatic heterocycles. The molecule has 1 fully saturated rings. The summed E-state index contributed by atoms with van der Waals surface area (Å²) >= 11 is 1.97. The van der Waals surface area contributed by atoms with Crippen molar-refractivity contribution in [3.63, 3.8) is 0 Å². The van der Waals surface area contributed by atoms with Crippen LogP contribution in [-0.4, -0.2) is 12.1 Å². The van der Waals surface area contributed by atoms with E-state index in [2.05, 4.69) is 115 Å². The molecule has 1 aromatic heterocycles. The molecule has 6 aliphatic rings. The van der Waals surface area contributed by atoms with E-state index in [9.17, 15) is 0 Å². The van der Waals surface area contributed by atoms with E-state index in [4.69, 9.17) is 4.74 Å². The molecular weight excluding hydrogens is 494 g/mol. The third-order valence-electron chi connectivity index (χ3n) is 9.18. The molecule has 1 N–H and O–H groups in total. The number of hydrogen-bond acceptors (Lipinski definition) is 3. The Morgan fingerprint density at radius 3 is 2.64 bits per heavy atom. The van der Waals surface area contributed by atoms with Gasteiger partial charge in [-0.15, -0.1) is 11.3 Å². The molecule has 0 saturated carbocycles. The Morgan fingerprint density at radius 1 is 0.821 bits per heavy atom. The smallest absolute Gasteiger partial charge is 0.124 e. The van der Waals surface area contributed by atoms with E-state index in [0.717, 1.165) is 25.7 Å². The van der Waals surface area contributed by atoms with Gasteiger partial charge < -0.3 is 10.1 Å². The Labute approximate surface area is 234 Å². The lowest BCUT2D eigenvalue weighted by atomic mass is 9.78. The van der Waals surface area contributed by atoms with Crippen molar-refractivity contribution in [2.24, 2.45) is 17.8 Å². The third kappa shape index (κ3) is 4.06. The second kappa shape index (κ2) is 9.57. The first-order chi connectivity index (χ1) is 19.3. The van der Waals surface area contributed by atoms with Crippen LogP contribution in [0.15, 0.2) is 126 Å². The van der Waals surface area contributed by atoms with Crippen LogP contribution in [0.4, 0.5) is 0 Å². The summed E-state index contributed by atoms with van der Waals surface area (Å²) in [7, 11) is 0. The normalized spacial score (nSPS) is 32.0. The number of thiophene rings is 1. The van der Waals surface area contributed by atoms with Gasteiger partial charge in [-0.05, 0) is 66.0 Å². The highest BCUT2D eigenvalue weighted by molar-refractivity contribution is 7.19. The maximum Gasteiger partial charge on any atom is 0.124 e. The summed E-state index contributed by atoms with van der Waals surface area (Å²) in [6.07, 6.45) is 36.9. The maximum absolute atomic E-state index is 6.48. The summed E-state index contributed by atoms with van der Waals surface area (Å²) in [4.78, 5) is 1.52. The van der Waals surface area contributed by atoms with Gasteiger partial charge in [-0.2, -0.15) is 0 Å². The van der Waals surface area contributed by atoms with Crippen LogP contribution in [0.25, 0.3) is 16.2 Å². The molecule has 2 heterocycles. The monoisotopic (exact) mass is 527 g/mol. The molecule has 6 unspecified atom stereocenters. The largest absolute Gasteiger partial charge is 0.489 e. The van der Waals surface area contributed by atoms with Gasteiger partial charge in [0.1, 0.15) is 11.9 Å². The zero-order valence-corrected chi connectivity index (χ0v) is 22.8. The molecule has 3 heteroatoms. The van der Waals surface area contributed by atoms with Crippen molar-refractivity contribution in [3.05, 3.63) is 136 Å². The number of ether oxygens (including phenoxy) is 1. The van der Waals surface area contributed by atoms with Crippen molar-refractivity contribution in [3.8, 4) is 0 Å². The predicted molar refractivity (Wildman–Crippen MR) is 163 cm³/mol. The van der Waals surface area contributed by atoms with Gasteiger partial charge in [0.25, 0.3) is 0 Å². The Hall–Kier alpha value is -3.56. The SMILES string of the molecule is C1=CC2OC3=C(C4C=CC(NC5C=CC(C6CC=Cc7c6sc6ccccc76)=CC5)=CC4)C=CCC3C2C=C1. The number of allylic oxidation sites excluding steroid dienone is 12. The molecule has 5 aliphatic carbocycles. The second-order valence-corrected chi connectivity index (χ2v) is 12.6. The van der Waals surface area contributed by atoms with Crippen LogP contribution >= 0.6 is 11.3 Å². The predicted octanol–water partition coefficient (Wildman–Crippen LogP) is 8.68. The molecule has 2 nitrogen and oxygen atoms in total. The van der Waals surface area contributed by atoms with Gasteiger partial charge in [0.2, 0.25) is 0 Å². The summed E-state index contributed by atoms with van der Waals surface area (Å²) in [5, 5.41) is 5.18. The van der Waals surface area contributed by atoms with Crippen LogP contribution in [0.2, 0.25) is 0 Å². The van der Waals surface area contributed by atoms with Crippen LogP contribution in [0.1, 0.15) is 42.0 Å². The standard InChI is InChI=1S/C36H33NOS/c1-3-13-33-29(7-1)31-11-5-9-27(35(31)38-33)23-15-19-25(20-16-23)37-26-21-17-24(18-22-26)28-10-6-12-32-30-8-2-4-14-34(30)39-36(28)32/h1-9,12-15,17-21,23,26,28-29,31,33,37H,10-11,16,22H2. The first-order valence-corrected chi connectivity index (χ1v) is 15.3. The zero-order chi connectivity index (χ0) is 25.8. The van der Waals surface area contributed by atoms with Gasteiger partial charge >= 0.3 is 0 Å². The van der Waals surface area contributed by atoms with Gasteiger partial charge in [-0.25, -0.2) is 0 Å². The number of benzene rings is 1. The molecule has 0 amide bonds. The minimum atomic E-state index is 0.205. The molecule has 0 bridgehead atoms. The lowest BCUT2D eigenvalue weighted by Gasteiger charge is -2.27. The molecular formula is C36H33NOS. The number of hydrogen-bond donors (Lipinski definition) is 1. The van der Waals surface area contributed by atoms with Gasteiger partial charge in [0.05, 0.1) is 0 Å². The first kappa shape index (κ1) is 23.3. The molecule has 39 heavy (non-hydrogen) atoms. The van der Waals surface area contributed by atoms with E-state index < -0.39 is 0 Å². The van der Waals surface area contributed by atoms with E-state index in [-0.39, 0.29) is 6.10 Å². The topological polar surface area (TPSA) is 21.3 Å². The molecule has 8 rings (SSSR count). The van der Waals surface area contributed by atoms with Crippen LogP contribution in [0.3, 0.4) is 0 Å². The Balaban J connectivity index is 0.932. The maximum atomic E-state index is 6.48. The molecule has 194 valence electrons. The molecule has 2 aromatic rings. The van der Waals surface area contributed by atoms with Crippen LogP contribution < -0.4 is 5.32 Å². The van der Waals surface area contributed by atoms with E-state index in [0.29, 0.717) is 29.7 Å². The van der Waals surface area contributed by atoms with Crippen molar-refractivity contribution < 1.29 is 4.74 Å². The summed E-state index contributed by atoms with van der Waals surface area (Å²) in [5.74, 6) is 3.07. The average Bonchev–Trinajstić information content (AvgIpc) is 3.57. The summed E-state index contributed by atoms with van der Waals surface area (Å²) in [5.41, 5.74) is 5.51. The molecule has 0 spiro atoms. The van der Waals surface area contributed by atoms with Gasteiger partial charge in [-0.1, -0.05) is 91.1 Å². The van der Waals surface area contributed by atoms with Crippen molar-refractivity contribution >= 4 is 27.5 Å². The Kier molecular flexibility index (Phi) is 5.73. The molecule has 0 radical (unpaired) electrons. The highest BCUT2D eigenvalue weighted by atomic mass is 32.1. The number of rotatable bonds is 4. The molecule has 6 atom stereocenters. The fraction of sp³-hybridized carbons (Fsp3) is 0.278. The quantitative estimate of drug-likeness (QED) is 0.429. The van der Waals surface area contributed by atoms with Crippen LogP contribution in [0, 0.1) is 17.8 Å². The van der Waals surface area contributed by atoms with Crippen molar-refractivity contribution in [2.45, 2.75) is 43.7 Å². The second-order valence-electron chi connectivity index (χ2n) is 11.5. The fourth-order valence-electron chi connectivity index (χ4n) is 7.18. The first-order valence-electron chi connectivity index (χ1n) is 14.5. The van der Waals surface area contributed by atoms with Gasteiger partial charge in [0.15, 0.2) is 0 Å². The van der Waals surface area contributed by atoms with E-state index in [1.54, 1.807) is 0 Å².